The van der Waals surface area contributed by atoms with E-state index in [0.717, 1.165) is 12.0 Å². The summed E-state index contributed by atoms with van der Waals surface area (Å²) in [5.41, 5.74) is 2.21. The summed E-state index contributed by atoms with van der Waals surface area (Å²) >= 11 is 0. The van der Waals surface area contributed by atoms with E-state index in [1.54, 1.807) is 0 Å². The molecule has 0 heterocycles. The Morgan fingerprint density at radius 1 is 1.28 bits per heavy atom. The second-order valence-electron chi connectivity index (χ2n) is 5.99. The molecule has 1 saturated carbocycles. The van der Waals surface area contributed by atoms with Crippen LogP contribution in [0.2, 0.25) is 0 Å². The van der Waals surface area contributed by atoms with Crippen LogP contribution in [0.1, 0.15) is 36.8 Å². The molecule has 0 unspecified atom stereocenters. The van der Waals surface area contributed by atoms with Crippen LogP contribution in [0.5, 0.6) is 0 Å². The molecule has 2 heteroatoms. The smallest absolute Gasteiger partial charge is 0.169 e. The standard InChI is InChI=1S/C16H16O2/c1-9-6-10-8-14(17)16(18)13-5-3-2-4-11(13)12(7-9)15(10)16/h2-6,10,12,15,18H,7-8H2,1H3/t10-,12+,15+,16-/m1/s1. The van der Waals surface area contributed by atoms with Gasteiger partial charge in [0.25, 0.3) is 0 Å². The van der Waals surface area contributed by atoms with Crippen LogP contribution in [0.15, 0.2) is 35.9 Å². The quantitative estimate of drug-likeness (QED) is 0.707. The Bertz CT molecular complexity index is 587. The highest BCUT2D eigenvalue weighted by molar-refractivity contribution is 5.93. The summed E-state index contributed by atoms with van der Waals surface area (Å²) < 4.78 is 0. The molecule has 0 amide bonds. The number of hydrogen-bond donors (Lipinski definition) is 1. The van der Waals surface area contributed by atoms with Crippen molar-refractivity contribution in [3.05, 3.63) is 47.0 Å². The third-order valence-corrected chi connectivity index (χ3v) is 5.03. The van der Waals surface area contributed by atoms with Gasteiger partial charge < -0.3 is 5.11 Å². The summed E-state index contributed by atoms with van der Waals surface area (Å²) in [7, 11) is 0. The van der Waals surface area contributed by atoms with Gasteiger partial charge in [0, 0.05) is 12.3 Å². The Labute approximate surface area is 106 Å². The monoisotopic (exact) mass is 240 g/mol. The van der Waals surface area contributed by atoms with Crippen LogP contribution in [0.3, 0.4) is 0 Å². The maximum atomic E-state index is 12.3. The van der Waals surface area contributed by atoms with Crippen molar-refractivity contribution in [2.45, 2.75) is 31.3 Å². The zero-order valence-electron chi connectivity index (χ0n) is 10.4. The highest BCUT2D eigenvalue weighted by Gasteiger charge is 2.62. The second kappa shape index (κ2) is 3.12. The number of hydrogen-bond acceptors (Lipinski definition) is 2. The number of allylic oxidation sites excluding steroid dienone is 2. The number of carbonyl (C=O) groups is 1. The summed E-state index contributed by atoms with van der Waals surface area (Å²) in [6.07, 6.45) is 3.69. The van der Waals surface area contributed by atoms with E-state index in [9.17, 15) is 9.90 Å². The van der Waals surface area contributed by atoms with Crippen molar-refractivity contribution in [2.24, 2.45) is 11.8 Å². The van der Waals surface area contributed by atoms with Gasteiger partial charge >= 0.3 is 0 Å². The van der Waals surface area contributed by atoms with Crippen LogP contribution in [-0.2, 0) is 10.4 Å². The number of rotatable bonds is 0. The first-order chi connectivity index (χ1) is 8.62. The second-order valence-corrected chi connectivity index (χ2v) is 5.99. The van der Waals surface area contributed by atoms with E-state index in [1.165, 1.54) is 11.1 Å². The van der Waals surface area contributed by atoms with Crippen molar-refractivity contribution in [1.29, 1.82) is 0 Å². The number of Topliss-reactive ketones (excluding diaryl/α,β-unsaturated/α-hetero) is 1. The van der Waals surface area contributed by atoms with Crippen LogP contribution in [0.4, 0.5) is 0 Å². The molecule has 4 rings (SSSR count). The molecule has 1 aromatic rings. The minimum absolute atomic E-state index is 0.0124. The lowest BCUT2D eigenvalue weighted by molar-refractivity contribution is -0.137. The molecular weight excluding hydrogens is 224 g/mol. The van der Waals surface area contributed by atoms with Gasteiger partial charge in [-0.3, -0.25) is 4.79 Å². The highest BCUT2D eigenvalue weighted by atomic mass is 16.3. The van der Waals surface area contributed by atoms with E-state index in [4.69, 9.17) is 0 Å². The first-order valence-electron chi connectivity index (χ1n) is 6.64. The predicted molar refractivity (Wildman–Crippen MR) is 68.1 cm³/mol. The summed E-state index contributed by atoms with van der Waals surface area (Å²) in [5, 5.41) is 11.0. The third kappa shape index (κ3) is 1.01. The molecule has 0 aliphatic heterocycles. The van der Waals surface area contributed by atoms with Crippen LogP contribution in [0.25, 0.3) is 0 Å². The number of aliphatic hydroxyl groups is 1. The number of fused-ring (bicyclic) bond motifs is 3. The lowest BCUT2D eigenvalue weighted by Crippen LogP contribution is -2.36. The summed E-state index contributed by atoms with van der Waals surface area (Å²) in [5.74, 6) is 0.644. The van der Waals surface area contributed by atoms with E-state index in [2.05, 4.69) is 19.1 Å². The Morgan fingerprint density at radius 3 is 2.89 bits per heavy atom. The van der Waals surface area contributed by atoms with Crippen molar-refractivity contribution in [3.63, 3.8) is 0 Å². The van der Waals surface area contributed by atoms with Crippen LogP contribution in [0, 0.1) is 11.8 Å². The van der Waals surface area contributed by atoms with Crippen molar-refractivity contribution >= 4 is 5.78 Å². The van der Waals surface area contributed by atoms with Crippen molar-refractivity contribution in [3.8, 4) is 0 Å². The fourth-order valence-corrected chi connectivity index (χ4v) is 4.45. The van der Waals surface area contributed by atoms with Crippen molar-refractivity contribution in [2.75, 3.05) is 0 Å². The van der Waals surface area contributed by atoms with Gasteiger partial charge in [-0.15, -0.1) is 0 Å². The van der Waals surface area contributed by atoms with Gasteiger partial charge in [-0.1, -0.05) is 35.9 Å². The maximum Gasteiger partial charge on any atom is 0.169 e. The van der Waals surface area contributed by atoms with Crippen LogP contribution in [-0.4, -0.2) is 10.9 Å². The summed E-state index contributed by atoms with van der Waals surface area (Å²) in [6, 6.07) is 7.95. The average Bonchev–Trinajstić information content (AvgIpc) is 2.75. The Kier molecular flexibility index (Phi) is 1.82. The first kappa shape index (κ1) is 10.5. The van der Waals surface area contributed by atoms with Crippen LogP contribution < -0.4 is 0 Å². The van der Waals surface area contributed by atoms with E-state index in [0.29, 0.717) is 12.3 Å². The first-order valence-corrected chi connectivity index (χ1v) is 6.64. The van der Waals surface area contributed by atoms with Crippen molar-refractivity contribution in [1.82, 2.24) is 0 Å². The number of ketones is 1. The van der Waals surface area contributed by atoms with Crippen molar-refractivity contribution < 1.29 is 9.90 Å². The van der Waals surface area contributed by atoms with E-state index in [1.807, 2.05) is 18.2 Å². The van der Waals surface area contributed by atoms with Gasteiger partial charge in [0.1, 0.15) is 0 Å². The van der Waals surface area contributed by atoms with Gasteiger partial charge in [0.15, 0.2) is 11.4 Å². The predicted octanol–water partition coefficient (Wildman–Crippen LogP) is 2.53. The largest absolute Gasteiger partial charge is 0.377 e. The van der Waals surface area contributed by atoms with Crippen LogP contribution >= 0.6 is 0 Å². The lowest BCUT2D eigenvalue weighted by Gasteiger charge is -2.32. The lowest BCUT2D eigenvalue weighted by atomic mass is 9.73. The van der Waals surface area contributed by atoms with Gasteiger partial charge in [0.2, 0.25) is 0 Å². The average molecular weight is 240 g/mol. The minimum Gasteiger partial charge on any atom is -0.377 e. The van der Waals surface area contributed by atoms with Gasteiger partial charge in [-0.2, -0.15) is 0 Å². The molecule has 1 N–H and O–H groups in total. The van der Waals surface area contributed by atoms with E-state index in [-0.39, 0.29) is 17.6 Å². The zero-order chi connectivity index (χ0) is 12.5. The number of carbonyl (C=O) groups excluding carboxylic acids is 1. The Balaban J connectivity index is 2.01. The molecule has 2 nitrogen and oxygen atoms in total. The third-order valence-electron chi connectivity index (χ3n) is 5.03. The molecule has 0 saturated heterocycles. The summed E-state index contributed by atoms with van der Waals surface area (Å²) in [4.78, 5) is 12.3. The van der Waals surface area contributed by atoms with E-state index >= 15 is 0 Å². The highest BCUT2D eigenvalue weighted by Crippen LogP contribution is 2.61. The fourth-order valence-electron chi connectivity index (χ4n) is 4.45. The minimum atomic E-state index is -1.21. The summed E-state index contributed by atoms with van der Waals surface area (Å²) in [6.45, 7) is 2.14. The van der Waals surface area contributed by atoms with Gasteiger partial charge in [-0.25, -0.2) is 0 Å². The Morgan fingerprint density at radius 2 is 2.06 bits per heavy atom. The molecule has 0 spiro atoms. The Hall–Kier alpha value is -1.41. The SMILES string of the molecule is CC1=C[C@@H]2CC(=O)[C@]3(O)c4ccccc4[C@H](C1)[C@H]23. The molecule has 0 bridgehead atoms. The van der Waals surface area contributed by atoms with Gasteiger partial charge in [0.05, 0.1) is 0 Å². The zero-order valence-corrected chi connectivity index (χ0v) is 10.4. The molecule has 0 aromatic heterocycles. The molecule has 92 valence electrons. The molecule has 0 radical (unpaired) electrons. The topological polar surface area (TPSA) is 37.3 Å². The molecular formula is C16H16O2. The normalized spacial score (nSPS) is 40.4. The molecule has 1 fully saturated rings. The number of benzene rings is 1. The fraction of sp³-hybridized carbons (Fsp3) is 0.438. The van der Waals surface area contributed by atoms with E-state index < -0.39 is 5.60 Å². The van der Waals surface area contributed by atoms with Gasteiger partial charge in [-0.05, 0) is 36.3 Å². The molecule has 3 aliphatic carbocycles. The molecule has 18 heavy (non-hydrogen) atoms. The molecule has 4 atom stereocenters. The molecule has 1 aromatic carbocycles. The maximum absolute atomic E-state index is 12.3. The molecule has 3 aliphatic rings.